The van der Waals surface area contributed by atoms with Crippen molar-refractivity contribution in [2.24, 2.45) is 4.99 Å². The zero-order valence-corrected chi connectivity index (χ0v) is 5.37. The molecule has 0 bridgehead atoms. The molecule has 0 aliphatic heterocycles. The third kappa shape index (κ3) is 1.84. The molecule has 4 heteroatoms. The van der Waals surface area contributed by atoms with E-state index in [2.05, 4.69) is 15.2 Å². The maximum atomic E-state index is 9.62. The van der Waals surface area contributed by atoms with Gasteiger partial charge in [-0.25, -0.2) is 9.79 Å². The minimum absolute atomic E-state index is 0.489. The monoisotopic (exact) mass is 137 g/mol. The van der Waals surface area contributed by atoms with Crippen LogP contribution < -0.4 is 0 Å². The van der Waals surface area contributed by atoms with Gasteiger partial charge in [0.15, 0.2) is 0 Å². The van der Waals surface area contributed by atoms with Gasteiger partial charge in [0.2, 0.25) is 6.08 Å². The van der Waals surface area contributed by atoms with E-state index in [0.29, 0.717) is 6.54 Å². The molecular weight excluding hydrogens is 130 g/mol. The number of hydrogen-bond acceptors (Lipinski definition) is 3. The van der Waals surface area contributed by atoms with Crippen LogP contribution in [0.3, 0.4) is 0 Å². The molecule has 4 nitrogen and oxygen atoms in total. The summed E-state index contributed by atoms with van der Waals surface area (Å²) in [7, 11) is 0. The highest BCUT2D eigenvalue weighted by Crippen LogP contribution is 1.93. The molecule has 0 spiro atoms. The van der Waals surface area contributed by atoms with E-state index < -0.39 is 0 Å². The molecule has 1 aromatic heterocycles. The number of aromatic amines is 1. The molecule has 1 rings (SSSR count). The standard InChI is InChI=1S/C6H7N3O/c10-5-7-2-1-6-3-8-9-4-6/h3-4H,1-2H2,(H,8,9). The highest BCUT2D eigenvalue weighted by atomic mass is 16.1. The predicted molar refractivity (Wildman–Crippen MR) is 35.3 cm³/mol. The Hall–Kier alpha value is -1.41. The van der Waals surface area contributed by atoms with Crippen molar-refractivity contribution in [1.29, 1.82) is 0 Å². The first-order valence-corrected chi connectivity index (χ1v) is 2.95. The summed E-state index contributed by atoms with van der Waals surface area (Å²) in [5, 5.41) is 6.40. The smallest absolute Gasteiger partial charge is 0.234 e. The number of carbonyl (C=O) groups excluding carboxylic acids is 1. The Labute approximate surface area is 58.0 Å². The summed E-state index contributed by atoms with van der Waals surface area (Å²) in [6.07, 6.45) is 5.70. The Bertz CT molecular complexity index is 223. The fraction of sp³-hybridized carbons (Fsp3) is 0.333. The lowest BCUT2D eigenvalue weighted by Crippen LogP contribution is -1.85. The van der Waals surface area contributed by atoms with Crippen molar-refractivity contribution in [2.75, 3.05) is 6.54 Å². The van der Waals surface area contributed by atoms with Crippen LogP contribution in [0.4, 0.5) is 0 Å². The fourth-order valence-corrected chi connectivity index (χ4v) is 0.645. The molecule has 0 radical (unpaired) electrons. The van der Waals surface area contributed by atoms with Crippen molar-refractivity contribution in [3.63, 3.8) is 0 Å². The van der Waals surface area contributed by atoms with Gasteiger partial charge in [-0.3, -0.25) is 5.10 Å². The molecule has 1 aromatic rings. The lowest BCUT2D eigenvalue weighted by Gasteiger charge is -1.85. The molecule has 0 saturated carbocycles. The topological polar surface area (TPSA) is 58.1 Å². The van der Waals surface area contributed by atoms with Crippen molar-refractivity contribution < 1.29 is 4.79 Å². The molecule has 52 valence electrons. The number of nitrogens with one attached hydrogen (secondary N) is 1. The van der Waals surface area contributed by atoms with Crippen molar-refractivity contribution in [3.8, 4) is 0 Å². The molecule has 1 heterocycles. The van der Waals surface area contributed by atoms with Gasteiger partial charge in [-0.2, -0.15) is 5.10 Å². The number of isocyanates is 1. The van der Waals surface area contributed by atoms with E-state index in [4.69, 9.17) is 0 Å². The van der Waals surface area contributed by atoms with Crippen LogP contribution in [-0.4, -0.2) is 22.8 Å². The first kappa shape index (κ1) is 6.71. The molecule has 0 aromatic carbocycles. The molecule has 0 unspecified atom stereocenters. The normalized spacial score (nSPS) is 8.80. The van der Waals surface area contributed by atoms with E-state index in [9.17, 15) is 4.79 Å². The third-order valence-corrected chi connectivity index (χ3v) is 1.13. The molecule has 0 amide bonds. The van der Waals surface area contributed by atoms with Crippen LogP contribution >= 0.6 is 0 Å². The second-order valence-corrected chi connectivity index (χ2v) is 1.83. The van der Waals surface area contributed by atoms with Crippen LogP contribution in [0.2, 0.25) is 0 Å². The van der Waals surface area contributed by atoms with Gasteiger partial charge in [0.1, 0.15) is 0 Å². The average Bonchev–Trinajstić information content (AvgIpc) is 2.41. The molecule has 0 atom stereocenters. The Morgan fingerprint density at radius 2 is 2.70 bits per heavy atom. The van der Waals surface area contributed by atoms with Crippen molar-refractivity contribution in [1.82, 2.24) is 10.2 Å². The summed E-state index contributed by atoms with van der Waals surface area (Å²) in [5.41, 5.74) is 1.05. The summed E-state index contributed by atoms with van der Waals surface area (Å²) >= 11 is 0. The Morgan fingerprint density at radius 3 is 3.30 bits per heavy atom. The largest absolute Gasteiger partial charge is 0.285 e. The summed E-state index contributed by atoms with van der Waals surface area (Å²) in [5.74, 6) is 0. The molecule has 0 aliphatic carbocycles. The predicted octanol–water partition coefficient (Wildman–Crippen LogP) is 0.288. The van der Waals surface area contributed by atoms with Crippen LogP contribution in [0.1, 0.15) is 5.56 Å². The number of aromatic nitrogens is 2. The third-order valence-electron chi connectivity index (χ3n) is 1.13. The van der Waals surface area contributed by atoms with E-state index in [1.54, 1.807) is 12.4 Å². The van der Waals surface area contributed by atoms with Crippen molar-refractivity contribution in [3.05, 3.63) is 18.0 Å². The zero-order chi connectivity index (χ0) is 7.23. The molecule has 0 saturated heterocycles. The Balaban J connectivity index is 2.34. The fourth-order valence-electron chi connectivity index (χ4n) is 0.645. The van der Waals surface area contributed by atoms with E-state index in [1.807, 2.05) is 0 Å². The van der Waals surface area contributed by atoms with Gasteiger partial charge in [-0.05, 0) is 12.0 Å². The highest BCUT2D eigenvalue weighted by molar-refractivity contribution is 5.32. The number of rotatable bonds is 3. The summed E-state index contributed by atoms with van der Waals surface area (Å²) in [4.78, 5) is 13.0. The van der Waals surface area contributed by atoms with Crippen LogP contribution in [0, 0.1) is 0 Å². The summed E-state index contributed by atoms with van der Waals surface area (Å²) < 4.78 is 0. The first-order chi connectivity index (χ1) is 4.93. The number of hydrogen-bond donors (Lipinski definition) is 1. The second-order valence-electron chi connectivity index (χ2n) is 1.83. The van der Waals surface area contributed by atoms with E-state index in [-0.39, 0.29) is 0 Å². The minimum Gasteiger partial charge on any atom is -0.285 e. The lowest BCUT2D eigenvalue weighted by molar-refractivity contribution is 0.563. The quantitative estimate of drug-likeness (QED) is 0.480. The average molecular weight is 137 g/mol. The Morgan fingerprint density at radius 1 is 1.80 bits per heavy atom. The number of H-pyrrole nitrogens is 1. The summed E-state index contributed by atoms with van der Waals surface area (Å²) in [6.45, 7) is 0.489. The van der Waals surface area contributed by atoms with Gasteiger partial charge >= 0.3 is 0 Å². The minimum atomic E-state index is 0.489. The van der Waals surface area contributed by atoms with Crippen LogP contribution in [-0.2, 0) is 11.2 Å². The Kier molecular flexibility index (Phi) is 2.40. The van der Waals surface area contributed by atoms with Crippen molar-refractivity contribution >= 4 is 6.08 Å². The van der Waals surface area contributed by atoms with Crippen LogP contribution in [0.5, 0.6) is 0 Å². The second kappa shape index (κ2) is 3.58. The first-order valence-electron chi connectivity index (χ1n) is 2.95. The van der Waals surface area contributed by atoms with E-state index >= 15 is 0 Å². The van der Waals surface area contributed by atoms with Gasteiger partial charge in [0, 0.05) is 6.20 Å². The highest BCUT2D eigenvalue weighted by Gasteiger charge is 1.90. The maximum absolute atomic E-state index is 9.62. The molecule has 0 aliphatic rings. The van der Waals surface area contributed by atoms with Crippen LogP contribution in [0.25, 0.3) is 0 Å². The maximum Gasteiger partial charge on any atom is 0.234 e. The number of nitrogens with zero attached hydrogens (tertiary/aromatic N) is 2. The molecule has 0 fully saturated rings. The molecule has 10 heavy (non-hydrogen) atoms. The molecular formula is C6H7N3O. The zero-order valence-electron chi connectivity index (χ0n) is 5.37. The molecule has 1 N–H and O–H groups in total. The SMILES string of the molecule is O=C=NCCc1cn[nH]c1. The van der Waals surface area contributed by atoms with E-state index in [1.165, 1.54) is 6.08 Å². The van der Waals surface area contributed by atoms with E-state index in [0.717, 1.165) is 12.0 Å². The number of aliphatic imine (C=N–C) groups is 1. The van der Waals surface area contributed by atoms with Gasteiger partial charge in [-0.15, -0.1) is 0 Å². The van der Waals surface area contributed by atoms with Gasteiger partial charge in [0.05, 0.1) is 12.7 Å². The van der Waals surface area contributed by atoms with Gasteiger partial charge < -0.3 is 0 Å². The summed E-state index contributed by atoms with van der Waals surface area (Å²) in [6, 6.07) is 0. The van der Waals surface area contributed by atoms with Gasteiger partial charge in [-0.1, -0.05) is 0 Å². The lowest BCUT2D eigenvalue weighted by atomic mass is 10.3. The van der Waals surface area contributed by atoms with Crippen LogP contribution in [0.15, 0.2) is 17.4 Å². The van der Waals surface area contributed by atoms with Crippen molar-refractivity contribution in [2.45, 2.75) is 6.42 Å². The van der Waals surface area contributed by atoms with Gasteiger partial charge in [0.25, 0.3) is 0 Å².